The fourth-order valence-corrected chi connectivity index (χ4v) is 1.56. The first-order valence-electron chi connectivity index (χ1n) is 4.61. The van der Waals surface area contributed by atoms with Crippen molar-refractivity contribution < 1.29 is 10.6 Å². The maximum atomic E-state index is 11.5. The molecule has 0 aliphatic rings. The van der Waals surface area contributed by atoms with Crippen LogP contribution in [0.25, 0.3) is 11.0 Å². The first-order chi connectivity index (χ1) is 6.83. The molecule has 2 rings (SSSR count). The van der Waals surface area contributed by atoms with Crippen molar-refractivity contribution in [3.63, 3.8) is 0 Å². The monoisotopic (exact) mass is 210 g/mol. The van der Waals surface area contributed by atoms with Crippen molar-refractivity contribution in [2.45, 2.75) is 13.0 Å². The fourth-order valence-electron chi connectivity index (χ4n) is 1.56. The Hall–Kier alpha value is -1.59. The Bertz CT molecular complexity index is 487. The predicted octanol–water partition coefficient (Wildman–Crippen LogP) is -0.113. The summed E-state index contributed by atoms with van der Waals surface area (Å²) in [4.78, 5) is 14.2. The summed E-state index contributed by atoms with van der Waals surface area (Å²) in [7, 11) is 0. The topological polar surface area (TPSA) is 89.5 Å². The molecule has 0 aliphatic carbocycles. The van der Waals surface area contributed by atoms with Gasteiger partial charge in [-0.05, 0) is 18.6 Å². The van der Waals surface area contributed by atoms with Crippen molar-refractivity contribution in [2.24, 2.45) is 0 Å². The maximum Gasteiger partial charge on any atom is 0.326 e. The summed E-state index contributed by atoms with van der Waals surface area (Å²) in [5.41, 5.74) is 1.63. The lowest BCUT2D eigenvalue weighted by Crippen LogP contribution is -2.17. The molecule has 0 atom stereocenters. The van der Waals surface area contributed by atoms with E-state index in [4.69, 9.17) is 5.11 Å². The first-order valence-corrected chi connectivity index (χ1v) is 4.61. The van der Waals surface area contributed by atoms with E-state index in [1.165, 1.54) is 0 Å². The lowest BCUT2D eigenvalue weighted by atomic mass is 10.3. The maximum absolute atomic E-state index is 11.5. The molecule has 15 heavy (non-hydrogen) atoms. The number of nitrogens with zero attached hydrogens (tertiary/aromatic N) is 1. The largest absolute Gasteiger partial charge is 0.412 e. The number of benzene rings is 1. The van der Waals surface area contributed by atoms with E-state index in [9.17, 15) is 4.79 Å². The molecule has 0 amide bonds. The highest BCUT2D eigenvalue weighted by molar-refractivity contribution is 5.74. The predicted molar refractivity (Wildman–Crippen MR) is 57.9 cm³/mol. The quantitative estimate of drug-likeness (QED) is 0.740. The van der Waals surface area contributed by atoms with Gasteiger partial charge in [0.05, 0.1) is 11.0 Å². The summed E-state index contributed by atoms with van der Waals surface area (Å²) in [5, 5.41) is 8.70. The summed E-state index contributed by atoms with van der Waals surface area (Å²) < 4.78 is 1.64. The van der Waals surface area contributed by atoms with E-state index in [1.807, 2.05) is 24.3 Å². The Morgan fingerprint density at radius 2 is 2.07 bits per heavy atom. The number of rotatable bonds is 3. The molecule has 2 aromatic rings. The number of imidazole rings is 1. The molecule has 0 bridgehead atoms. The second-order valence-corrected chi connectivity index (χ2v) is 3.18. The Morgan fingerprint density at radius 3 is 2.80 bits per heavy atom. The Morgan fingerprint density at radius 1 is 1.33 bits per heavy atom. The van der Waals surface area contributed by atoms with Crippen LogP contribution in [0.5, 0.6) is 0 Å². The minimum Gasteiger partial charge on any atom is -0.412 e. The highest BCUT2D eigenvalue weighted by Gasteiger charge is 2.03. The molecule has 1 heterocycles. The van der Waals surface area contributed by atoms with Crippen molar-refractivity contribution in [2.75, 3.05) is 6.61 Å². The summed E-state index contributed by atoms with van der Waals surface area (Å²) in [6.07, 6.45) is 0.599. The summed E-state index contributed by atoms with van der Waals surface area (Å²) >= 11 is 0. The lowest BCUT2D eigenvalue weighted by Gasteiger charge is -2.00. The number of aromatic nitrogens is 2. The lowest BCUT2D eigenvalue weighted by molar-refractivity contribution is 0.280. The third-order valence-corrected chi connectivity index (χ3v) is 2.22. The molecule has 4 N–H and O–H groups in total. The van der Waals surface area contributed by atoms with Gasteiger partial charge < -0.3 is 15.6 Å². The van der Waals surface area contributed by atoms with Crippen molar-refractivity contribution in [3.05, 3.63) is 34.7 Å². The van der Waals surface area contributed by atoms with E-state index in [1.54, 1.807) is 4.57 Å². The van der Waals surface area contributed by atoms with Crippen LogP contribution in [0.2, 0.25) is 0 Å². The second kappa shape index (κ2) is 4.77. The average molecular weight is 210 g/mol. The van der Waals surface area contributed by atoms with Crippen molar-refractivity contribution in [1.82, 2.24) is 9.55 Å². The standard InChI is InChI=1S/C10H12N2O2.H2O/c13-7-3-6-12-9-5-2-1-4-8(9)11-10(12)14;/h1-2,4-5,13H,3,6-7H2,(H,11,14);1H2. The second-order valence-electron chi connectivity index (χ2n) is 3.18. The number of para-hydroxylation sites is 2. The summed E-state index contributed by atoms with van der Waals surface area (Å²) in [6, 6.07) is 7.54. The van der Waals surface area contributed by atoms with Crippen molar-refractivity contribution in [3.8, 4) is 0 Å². The number of hydrogen-bond donors (Lipinski definition) is 2. The number of aliphatic hydroxyl groups excluding tert-OH is 1. The van der Waals surface area contributed by atoms with Gasteiger partial charge in [0, 0.05) is 13.2 Å². The smallest absolute Gasteiger partial charge is 0.326 e. The Kier molecular flexibility index (Phi) is 3.65. The average Bonchev–Trinajstić information content (AvgIpc) is 2.51. The van der Waals surface area contributed by atoms with Crippen molar-refractivity contribution in [1.29, 1.82) is 0 Å². The number of hydrogen-bond acceptors (Lipinski definition) is 2. The zero-order valence-electron chi connectivity index (χ0n) is 8.23. The number of H-pyrrole nitrogens is 1. The molecule has 5 nitrogen and oxygen atoms in total. The van der Waals surface area contributed by atoms with E-state index >= 15 is 0 Å². The molecule has 0 radical (unpaired) electrons. The van der Waals surface area contributed by atoms with Gasteiger partial charge in [-0.3, -0.25) is 4.57 Å². The molecule has 0 fully saturated rings. The molecule has 0 saturated carbocycles. The Balaban J connectivity index is 0.00000112. The first kappa shape index (κ1) is 11.5. The van der Waals surface area contributed by atoms with Crippen LogP contribution in [0.1, 0.15) is 6.42 Å². The van der Waals surface area contributed by atoms with Gasteiger partial charge in [-0.25, -0.2) is 4.79 Å². The minimum absolute atomic E-state index is 0. The van der Waals surface area contributed by atoms with Gasteiger partial charge in [0.2, 0.25) is 0 Å². The third kappa shape index (κ3) is 2.08. The van der Waals surface area contributed by atoms with Gasteiger partial charge in [-0.15, -0.1) is 0 Å². The molecule has 82 valence electrons. The van der Waals surface area contributed by atoms with Crippen LogP contribution in [0.4, 0.5) is 0 Å². The summed E-state index contributed by atoms with van der Waals surface area (Å²) in [5.74, 6) is 0. The van der Waals surface area contributed by atoms with Gasteiger partial charge >= 0.3 is 5.69 Å². The van der Waals surface area contributed by atoms with E-state index in [-0.39, 0.29) is 17.8 Å². The molecule has 0 saturated heterocycles. The molecule has 1 aromatic heterocycles. The van der Waals surface area contributed by atoms with Crippen LogP contribution in [0.3, 0.4) is 0 Å². The van der Waals surface area contributed by atoms with Crippen LogP contribution < -0.4 is 5.69 Å². The molecule has 0 aliphatic heterocycles. The highest BCUT2D eigenvalue weighted by Crippen LogP contribution is 2.08. The number of fused-ring (bicyclic) bond motifs is 1. The van der Waals surface area contributed by atoms with Gasteiger partial charge in [-0.2, -0.15) is 0 Å². The van der Waals surface area contributed by atoms with Gasteiger partial charge in [-0.1, -0.05) is 12.1 Å². The number of aromatic amines is 1. The Labute approximate surface area is 86.3 Å². The SMILES string of the molecule is O.O=c1[nH]c2ccccc2n1CCCO. The molecule has 5 heteroatoms. The van der Waals surface area contributed by atoms with Gasteiger partial charge in [0.1, 0.15) is 0 Å². The van der Waals surface area contributed by atoms with Gasteiger partial charge in [0.25, 0.3) is 0 Å². The molecule has 0 spiro atoms. The highest BCUT2D eigenvalue weighted by atomic mass is 16.3. The normalized spacial score (nSPS) is 10.2. The molecule has 0 unspecified atom stereocenters. The van der Waals surface area contributed by atoms with E-state index in [0.717, 1.165) is 11.0 Å². The van der Waals surface area contributed by atoms with E-state index < -0.39 is 0 Å². The van der Waals surface area contributed by atoms with E-state index in [0.29, 0.717) is 13.0 Å². The van der Waals surface area contributed by atoms with Crippen molar-refractivity contribution >= 4 is 11.0 Å². The zero-order chi connectivity index (χ0) is 9.97. The third-order valence-electron chi connectivity index (χ3n) is 2.22. The van der Waals surface area contributed by atoms with Gasteiger partial charge in [0.15, 0.2) is 0 Å². The molecular formula is C10H14N2O3. The number of aryl methyl sites for hydroxylation is 1. The molecule has 1 aromatic carbocycles. The number of nitrogens with one attached hydrogen (secondary N) is 1. The fraction of sp³-hybridized carbons (Fsp3) is 0.300. The zero-order valence-corrected chi connectivity index (χ0v) is 8.23. The van der Waals surface area contributed by atoms with Crippen LogP contribution in [0.15, 0.2) is 29.1 Å². The summed E-state index contributed by atoms with van der Waals surface area (Å²) in [6.45, 7) is 0.658. The van der Waals surface area contributed by atoms with Crippen LogP contribution in [-0.4, -0.2) is 26.7 Å². The minimum atomic E-state index is -0.111. The van der Waals surface area contributed by atoms with Crippen LogP contribution >= 0.6 is 0 Å². The molecular weight excluding hydrogens is 196 g/mol. The van der Waals surface area contributed by atoms with Crippen LogP contribution in [-0.2, 0) is 6.54 Å². The van der Waals surface area contributed by atoms with E-state index in [2.05, 4.69) is 4.98 Å². The number of aliphatic hydroxyl groups is 1. The van der Waals surface area contributed by atoms with Crippen LogP contribution in [0, 0.1) is 0 Å².